The third-order valence-corrected chi connectivity index (χ3v) is 3.49. The van der Waals surface area contributed by atoms with Gasteiger partial charge >= 0.3 is 0 Å². The lowest BCUT2D eigenvalue weighted by atomic mass is 10.1. The lowest BCUT2D eigenvalue weighted by Crippen LogP contribution is -2.25. The molecule has 0 aliphatic heterocycles. The second-order valence-electron chi connectivity index (χ2n) is 3.82. The van der Waals surface area contributed by atoms with Crippen LogP contribution in [0, 0.1) is 0 Å². The van der Waals surface area contributed by atoms with Crippen LogP contribution < -0.4 is 5.73 Å². The minimum absolute atomic E-state index is 0.454. The largest absolute Gasteiger partial charge is 0.593 e. The quantitative estimate of drug-likeness (QED) is 0.789. The SMILES string of the molecule is CN(C)[S+]([O-])c1ccc(CC(N)CF)cc1. The minimum atomic E-state index is -1.13. The van der Waals surface area contributed by atoms with Crippen LogP contribution in [0.2, 0.25) is 0 Å². The van der Waals surface area contributed by atoms with Gasteiger partial charge in [-0.1, -0.05) is 12.1 Å². The van der Waals surface area contributed by atoms with E-state index in [9.17, 15) is 8.94 Å². The van der Waals surface area contributed by atoms with Crippen molar-refractivity contribution >= 4 is 11.4 Å². The van der Waals surface area contributed by atoms with Gasteiger partial charge in [0.15, 0.2) is 4.90 Å². The number of rotatable bonds is 5. The monoisotopic (exact) mass is 244 g/mol. The second-order valence-corrected chi connectivity index (χ2v) is 5.52. The molecule has 0 radical (unpaired) electrons. The highest BCUT2D eigenvalue weighted by Gasteiger charge is 2.13. The Kier molecular flexibility index (Phi) is 5.21. The Bertz CT molecular complexity index is 318. The number of nitrogens with zero attached hydrogens (tertiary/aromatic N) is 1. The van der Waals surface area contributed by atoms with Gasteiger partial charge in [0, 0.05) is 20.1 Å². The van der Waals surface area contributed by atoms with E-state index in [0.717, 1.165) is 10.5 Å². The number of hydrogen-bond acceptors (Lipinski definition) is 3. The van der Waals surface area contributed by atoms with Crippen LogP contribution in [0.4, 0.5) is 4.39 Å². The summed E-state index contributed by atoms with van der Waals surface area (Å²) in [5.74, 6) is 0. The lowest BCUT2D eigenvalue weighted by molar-refractivity contribution is 0.427. The molecule has 2 atom stereocenters. The Hall–Kier alpha value is -0.620. The van der Waals surface area contributed by atoms with Gasteiger partial charge in [-0.15, -0.1) is 4.31 Å². The highest BCUT2D eigenvalue weighted by molar-refractivity contribution is 7.89. The van der Waals surface area contributed by atoms with E-state index in [-0.39, 0.29) is 0 Å². The summed E-state index contributed by atoms with van der Waals surface area (Å²) in [5, 5.41) is 0. The summed E-state index contributed by atoms with van der Waals surface area (Å²) >= 11 is -1.13. The number of alkyl halides is 1. The molecule has 90 valence electrons. The van der Waals surface area contributed by atoms with E-state index in [0.29, 0.717) is 6.42 Å². The van der Waals surface area contributed by atoms with E-state index in [1.54, 1.807) is 30.5 Å². The molecule has 0 amide bonds. The fourth-order valence-corrected chi connectivity index (χ4v) is 2.10. The van der Waals surface area contributed by atoms with E-state index in [1.165, 1.54) is 0 Å². The van der Waals surface area contributed by atoms with Crippen LogP contribution in [0.15, 0.2) is 29.2 Å². The number of nitrogens with two attached hydrogens (primary N) is 1. The first kappa shape index (κ1) is 13.4. The van der Waals surface area contributed by atoms with Crippen LogP contribution in [0.25, 0.3) is 0 Å². The first-order chi connectivity index (χ1) is 7.54. The van der Waals surface area contributed by atoms with Crippen molar-refractivity contribution in [2.24, 2.45) is 5.73 Å². The molecule has 1 rings (SSSR count). The molecule has 0 fully saturated rings. The predicted octanol–water partition coefficient (Wildman–Crippen LogP) is 1.11. The molecule has 3 nitrogen and oxygen atoms in total. The minimum Gasteiger partial charge on any atom is -0.593 e. The molecule has 0 aromatic heterocycles. The van der Waals surface area contributed by atoms with Crippen molar-refractivity contribution in [1.82, 2.24) is 4.31 Å². The standard InChI is InChI=1S/C11H17FN2OS/c1-14(2)16(15)11-5-3-9(4-6-11)7-10(13)8-12/h3-6,10H,7-8,13H2,1-2H3. The first-order valence-electron chi connectivity index (χ1n) is 5.04. The molecule has 0 saturated heterocycles. The topological polar surface area (TPSA) is 52.3 Å². The van der Waals surface area contributed by atoms with E-state index < -0.39 is 24.1 Å². The molecular weight excluding hydrogens is 227 g/mol. The predicted molar refractivity (Wildman–Crippen MR) is 64.2 cm³/mol. The van der Waals surface area contributed by atoms with Crippen molar-refractivity contribution in [3.63, 3.8) is 0 Å². The maximum absolute atomic E-state index is 12.2. The Morgan fingerprint density at radius 2 is 1.94 bits per heavy atom. The molecule has 1 aromatic rings. The number of benzene rings is 1. The zero-order valence-electron chi connectivity index (χ0n) is 9.52. The average Bonchev–Trinajstić information content (AvgIpc) is 2.28. The van der Waals surface area contributed by atoms with Gasteiger partial charge in [-0.2, -0.15) is 0 Å². The fraction of sp³-hybridized carbons (Fsp3) is 0.455. The highest BCUT2D eigenvalue weighted by Crippen LogP contribution is 2.14. The van der Waals surface area contributed by atoms with Crippen molar-refractivity contribution in [1.29, 1.82) is 0 Å². The summed E-state index contributed by atoms with van der Waals surface area (Å²) in [6, 6.07) is 6.80. The molecule has 0 aliphatic rings. The first-order valence-corrected chi connectivity index (χ1v) is 6.15. The lowest BCUT2D eigenvalue weighted by Gasteiger charge is -2.15. The molecule has 0 bridgehead atoms. The van der Waals surface area contributed by atoms with Gasteiger partial charge in [0.2, 0.25) is 0 Å². The van der Waals surface area contributed by atoms with Crippen molar-refractivity contribution in [3.8, 4) is 0 Å². The third-order valence-electron chi connectivity index (χ3n) is 2.15. The van der Waals surface area contributed by atoms with Crippen molar-refractivity contribution in [2.75, 3.05) is 20.8 Å². The molecular formula is C11H17FN2OS. The van der Waals surface area contributed by atoms with Gasteiger partial charge in [0.05, 0.1) is 11.4 Å². The maximum atomic E-state index is 12.2. The average molecular weight is 244 g/mol. The summed E-state index contributed by atoms with van der Waals surface area (Å²) in [4.78, 5) is 0.738. The Morgan fingerprint density at radius 1 is 1.38 bits per heavy atom. The van der Waals surface area contributed by atoms with Crippen molar-refractivity contribution in [3.05, 3.63) is 29.8 Å². The van der Waals surface area contributed by atoms with Crippen LogP contribution in [0.5, 0.6) is 0 Å². The van der Waals surface area contributed by atoms with Crippen LogP contribution in [-0.4, -0.2) is 35.7 Å². The summed E-state index contributed by atoms with van der Waals surface area (Å²) in [5.41, 5.74) is 6.47. The zero-order valence-corrected chi connectivity index (χ0v) is 10.3. The third kappa shape index (κ3) is 3.75. The Labute approximate surface area is 98.8 Å². The zero-order chi connectivity index (χ0) is 12.1. The van der Waals surface area contributed by atoms with E-state index >= 15 is 0 Å². The van der Waals surface area contributed by atoms with E-state index in [2.05, 4.69) is 0 Å². The molecule has 2 unspecified atom stereocenters. The second kappa shape index (κ2) is 6.20. The van der Waals surface area contributed by atoms with Gasteiger partial charge in [-0.3, -0.25) is 0 Å². The summed E-state index contributed by atoms with van der Waals surface area (Å²) in [6.07, 6.45) is 0.505. The normalized spacial score (nSPS) is 15.1. The Morgan fingerprint density at radius 3 is 2.38 bits per heavy atom. The molecule has 5 heteroatoms. The number of hydrogen-bond donors (Lipinski definition) is 1. The van der Waals surface area contributed by atoms with Crippen LogP contribution in [0.1, 0.15) is 5.56 Å². The summed E-state index contributed by atoms with van der Waals surface area (Å²) in [6.45, 7) is -0.522. The summed E-state index contributed by atoms with van der Waals surface area (Å²) < 4.78 is 25.5. The number of halogens is 1. The molecule has 1 aromatic carbocycles. The van der Waals surface area contributed by atoms with Crippen LogP contribution >= 0.6 is 0 Å². The Balaban J connectivity index is 2.68. The maximum Gasteiger partial charge on any atom is 0.174 e. The molecule has 0 saturated carbocycles. The molecule has 0 heterocycles. The van der Waals surface area contributed by atoms with Crippen LogP contribution in [-0.2, 0) is 17.8 Å². The van der Waals surface area contributed by atoms with Crippen molar-refractivity contribution in [2.45, 2.75) is 17.4 Å². The van der Waals surface area contributed by atoms with Crippen LogP contribution in [0.3, 0.4) is 0 Å². The van der Waals surface area contributed by atoms with Gasteiger partial charge in [0.1, 0.15) is 6.67 Å². The molecule has 2 N–H and O–H groups in total. The van der Waals surface area contributed by atoms with E-state index in [1.807, 2.05) is 12.1 Å². The highest BCUT2D eigenvalue weighted by atomic mass is 32.2. The fourth-order valence-electron chi connectivity index (χ4n) is 1.31. The molecule has 0 spiro atoms. The van der Waals surface area contributed by atoms with Crippen molar-refractivity contribution < 1.29 is 8.94 Å². The summed E-state index contributed by atoms with van der Waals surface area (Å²) in [7, 11) is 3.51. The van der Waals surface area contributed by atoms with Gasteiger partial charge in [0.25, 0.3) is 0 Å². The van der Waals surface area contributed by atoms with Gasteiger partial charge in [-0.05, 0) is 24.1 Å². The molecule has 16 heavy (non-hydrogen) atoms. The van der Waals surface area contributed by atoms with E-state index in [4.69, 9.17) is 5.73 Å². The smallest absolute Gasteiger partial charge is 0.174 e. The van der Waals surface area contributed by atoms with Gasteiger partial charge in [-0.25, -0.2) is 4.39 Å². The molecule has 0 aliphatic carbocycles. The van der Waals surface area contributed by atoms with Gasteiger partial charge < -0.3 is 10.3 Å².